The van der Waals surface area contributed by atoms with Gasteiger partial charge in [-0.1, -0.05) is 0 Å². The maximum absolute atomic E-state index is 9.67. The minimum atomic E-state index is -3.67. The fraction of sp³-hybridized carbons (Fsp3) is 0.500. The third kappa shape index (κ3) is 219. The number of carboxylic acid groups (broad SMARTS) is 1. The highest BCUT2D eigenvalue weighted by atomic mass is 19.4. The van der Waals surface area contributed by atoms with Crippen molar-refractivity contribution in [2.75, 3.05) is 0 Å². The second-order valence-electron chi connectivity index (χ2n) is 0.766. The molecular formula is C2H4BF3O2. The first-order valence-corrected chi connectivity index (χ1v) is 1.58. The maximum atomic E-state index is 9.67. The van der Waals surface area contributed by atoms with Gasteiger partial charge in [-0.3, -0.25) is 17.7 Å². The number of carboxylic acids is 1. The first-order chi connectivity index (χ1) is 3.46. The van der Waals surface area contributed by atoms with Crippen molar-refractivity contribution in [3.8, 4) is 0 Å². The van der Waals surface area contributed by atoms with Crippen LogP contribution in [0.1, 0.15) is 6.92 Å². The van der Waals surface area contributed by atoms with Crippen LogP contribution in [0.25, 0.3) is 0 Å². The quantitative estimate of drug-likeness (QED) is 0.493. The number of hydrogen-bond donors (Lipinski definition) is 1. The molecule has 0 aromatic carbocycles. The Morgan fingerprint density at radius 3 is 1.50 bits per heavy atom. The normalized spacial score (nSPS) is 6.50. The summed E-state index contributed by atoms with van der Waals surface area (Å²) in [6.07, 6.45) is 0. The minimum absolute atomic E-state index is 0.833. The second-order valence-corrected chi connectivity index (χ2v) is 0.766. The van der Waals surface area contributed by atoms with Gasteiger partial charge in [0.05, 0.1) is 0 Å². The molecule has 0 aliphatic rings. The van der Waals surface area contributed by atoms with Crippen molar-refractivity contribution in [1.82, 2.24) is 0 Å². The van der Waals surface area contributed by atoms with E-state index in [0.717, 1.165) is 6.92 Å². The number of hydrogen-bond acceptors (Lipinski definition) is 1. The molecule has 0 rings (SSSR count). The minimum Gasteiger partial charge on any atom is -0.481 e. The zero-order valence-corrected chi connectivity index (χ0v) is 4.07. The van der Waals surface area contributed by atoms with E-state index in [1.54, 1.807) is 0 Å². The summed E-state index contributed by atoms with van der Waals surface area (Å²) in [5.41, 5.74) is 0. The summed E-state index contributed by atoms with van der Waals surface area (Å²) in [5, 5.41) is 7.42. The van der Waals surface area contributed by atoms with Crippen LogP contribution in [0.3, 0.4) is 0 Å². The Morgan fingerprint density at radius 1 is 1.50 bits per heavy atom. The average Bonchev–Trinajstić information content (AvgIpc) is 1.25. The van der Waals surface area contributed by atoms with Crippen molar-refractivity contribution in [1.29, 1.82) is 0 Å². The van der Waals surface area contributed by atoms with Crippen molar-refractivity contribution < 1.29 is 22.8 Å². The molecule has 0 atom stereocenters. The Balaban J connectivity index is 0. The van der Waals surface area contributed by atoms with Gasteiger partial charge in [-0.2, -0.15) is 0 Å². The molecule has 8 heavy (non-hydrogen) atoms. The largest absolute Gasteiger partial charge is 0.762 e. The Morgan fingerprint density at radius 2 is 1.50 bits per heavy atom. The van der Waals surface area contributed by atoms with Crippen LogP contribution in [0.15, 0.2) is 0 Å². The number of carbonyl (C=O) groups is 1. The molecule has 2 nitrogen and oxygen atoms in total. The SMILES string of the molecule is CC(=O)O.FB(F)F. The summed E-state index contributed by atoms with van der Waals surface area (Å²) in [6.45, 7) is 1.08. The lowest BCUT2D eigenvalue weighted by Crippen LogP contribution is -1.78. The maximum Gasteiger partial charge on any atom is 0.762 e. The van der Waals surface area contributed by atoms with Crippen molar-refractivity contribution >= 4 is 13.5 Å². The second kappa shape index (κ2) is 6.32. The van der Waals surface area contributed by atoms with E-state index < -0.39 is 13.5 Å². The van der Waals surface area contributed by atoms with E-state index in [0.29, 0.717) is 0 Å². The molecule has 0 amide bonds. The van der Waals surface area contributed by atoms with Gasteiger partial charge >= 0.3 is 7.54 Å². The Kier molecular flexibility index (Phi) is 8.17. The van der Waals surface area contributed by atoms with Crippen LogP contribution in [0.4, 0.5) is 12.9 Å². The van der Waals surface area contributed by atoms with E-state index in [-0.39, 0.29) is 0 Å². The predicted octanol–water partition coefficient (Wildman–Crippen LogP) is 0.971. The molecule has 0 spiro atoms. The predicted molar refractivity (Wildman–Crippen MR) is 22.4 cm³/mol. The fourth-order valence-electron chi connectivity index (χ4n) is 0. The first-order valence-electron chi connectivity index (χ1n) is 1.58. The van der Waals surface area contributed by atoms with Gasteiger partial charge in [-0.05, 0) is 0 Å². The Bertz CT molecular complexity index is 59.5. The smallest absolute Gasteiger partial charge is 0.481 e. The van der Waals surface area contributed by atoms with Gasteiger partial charge in [0.1, 0.15) is 0 Å². The number of aliphatic carboxylic acids is 1. The van der Waals surface area contributed by atoms with E-state index in [9.17, 15) is 12.9 Å². The molecule has 0 aromatic heterocycles. The summed E-state index contributed by atoms with van der Waals surface area (Å²) >= 11 is 0. The molecule has 48 valence electrons. The lowest BCUT2D eigenvalue weighted by atomic mass is 10.5. The van der Waals surface area contributed by atoms with Crippen LogP contribution in [0, 0.1) is 0 Å². The zero-order chi connectivity index (χ0) is 7.15. The van der Waals surface area contributed by atoms with Gasteiger partial charge in [0, 0.05) is 6.92 Å². The monoisotopic (exact) mass is 128 g/mol. The summed E-state index contributed by atoms with van der Waals surface area (Å²) in [5.74, 6) is -0.833. The highest BCUT2D eigenvalue weighted by Crippen LogP contribution is 1.80. The summed E-state index contributed by atoms with van der Waals surface area (Å²) in [7, 11) is -3.67. The molecule has 0 fully saturated rings. The van der Waals surface area contributed by atoms with E-state index in [1.165, 1.54) is 0 Å². The molecule has 0 saturated heterocycles. The van der Waals surface area contributed by atoms with Gasteiger partial charge < -0.3 is 5.11 Å². The first kappa shape index (κ1) is 10.3. The fourth-order valence-corrected chi connectivity index (χ4v) is 0. The van der Waals surface area contributed by atoms with Crippen LogP contribution in [-0.2, 0) is 4.79 Å². The summed E-state index contributed by atoms with van der Waals surface area (Å²) in [4.78, 5) is 9.00. The molecule has 0 unspecified atom stereocenters. The molecule has 0 saturated carbocycles. The van der Waals surface area contributed by atoms with Gasteiger partial charge in [0.25, 0.3) is 5.97 Å². The zero-order valence-electron chi connectivity index (χ0n) is 4.07. The third-order valence-corrected chi connectivity index (χ3v) is 0. The standard InChI is InChI=1S/C2H4O2.BF3/c1-2(3)4;2-1(3)4/h1H3,(H,3,4);. The lowest BCUT2D eigenvalue weighted by Gasteiger charge is -1.59. The summed E-state index contributed by atoms with van der Waals surface area (Å²) in [6, 6.07) is 0. The van der Waals surface area contributed by atoms with Crippen molar-refractivity contribution in [2.45, 2.75) is 6.92 Å². The Labute approximate surface area is 44.5 Å². The van der Waals surface area contributed by atoms with Crippen molar-refractivity contribution in [3.05, 3.63) is 0 Å². The van der Waals surface area contributed by atoms with Gasteiger partial charge in [0.2, 0.25) is 0 Å². The molecule has 0 radical (unpaired) electrons. The Hall–Kier alpha value is -0.675. The molecule has 0 aliphatic carbocycles. The third-order valence-electron chi connectivity index (χ3n) is 0. The van der Waals surface area contributed by atoms with Gasteiger partial charge in [0.15, 0.2) is 0 Å². The summed E-state index contributed by atoms with van der Waals surface area (Å²) < 4.78 is 29.0. The van der Waals surface area contributed by atoms with Gasteiger partial charge in [-0.15, -0.1) is 0 Å². The van der Waals surface area contributed by atoms with Crippen LogP contribution >= 0.6 is 0 Å². The van der Waals surface area contributed by atoms with Crippen molar-refractivity contribution in [2.24, 2.45) is 0 Å². The van der Waals surface area contributed by atoms with Gasteiger partial charge in [-0.25, -0.2) is 0 Å². The highest BCUT2D eigenvalue weighted by molar-refractivity contribution is 6.33. The van der Waals surface area contributed by atoms with Crippen molar-refractivity contribution in [3.63, 3.8) is 0 Å². The molecular weight excluding hydrogens is 124 g/mol. The molecule has 0 bridgehead atoms. The molecule has 0 heterocycles. The average molecular weight is 128 g/mol. The van der Waals surface area contributed by atoms with E-state index >= 15 is 0 Å². The van der Waals surface area contributed by atoms with Crippen LogP contribution in [-0.4, -0.2) is 18.6 Å². The molecule has 0 aromatic rings. The van der Waals surface area contributed by atoms with E-state index in [1.807, 2.05) is 0 Å². The molecule has 0 aliphatic heterocycles. The number of rotatable bonds is 0. The van der Waals surface area contributed by atoms with Crippen LogP contribution in [0.5, 0.6) is 0 Å². The molecule has 6 heteroatoms. The number of halogens is 3. The van der Waals surface area contributed by atoms with Crippen LogP contribution in [0.2, 0.25) is 0 Å². The van der Waals surface area contributed by atoms with E-state index in [4.69, 9.17) is 9.90 Å². The van der Waals surface area contributed by atoms with Crippen LogP contribution < -0.4 is 0 Å². The highest BCUT2D eigenvalue weighted by Gasteiger charge is 2.06. The topological polar surface area (TPSA) is 37.3 Å². The van der Waals surface area contributed by atoms with E-state index in [2.05, 4.69) is 0 Å². The lowest BCUT2D eigenvalue weighted by molar-refractivity contribution is -0.134. The molecule has 1 N–H and O–H groups in total.